The molecule has 25 heavy (non-hydrogen) atoms. The van der Waals surface area contributed by atoms with E-state index in [1.165, 1.54) is 20.3 Å². The van der Waals surface area contributed by atoms with Crippen molar-refractivity contribution in [2.24, 2.45) is 0 Å². The van der Waals surface area contributed by atoms with Gasteiger partial charge in [0.1, 0.15) is 11.5 Å². The average molecular weight is 347 g/mol. The molecule has 0 fully saturated rings. The summed E-state index contributed by atoms with van der Waals surface area (Å²) in [7, 11) is 4.20. The highest BCUT2D eigenvalue weighted by Crippen LogP contribution is 2.25. The first kappa shape index (κ1) is 18.7. The molecule has 7 nitrogen and oxygen atoms in total. The van der Waals surface area contributed by atoms with Crippen LogP contribution in [-0.4, -0.2) is 46.4 Å². The summed E-state index contributed by atoms with van der Waals surface area (Å²) in [5.41, 5.74) is 1.08. The summed E-state index contributed by atoms with van der Waals surface area (Å²) in [6.07, 6.45) is 0. The number of esters is 2. The summed E-state index contributed by atoms with van der Waals surface area (Å²) in [5.74, 6) is 0.189. The van der Waals surface area contributed by atoms with Crippen molar-refractivity contribution in [1.29, 1.82) is 0 Å². The lowest BCUT2D eigenvalue weighted by molar-refractivity contribution is 0.0599. The van der Waals surface area contributed by atoms with Gasteiger partial charge in [-0.2, -0.15) is 0 Å². The summed E-state index contributed by atoms with van der Waals surface area (Å²) in [5, 5.41) is 3.18. The molecule has 1 N–H and O–H groups in total. The minimum absolute atomic E-state index is 0.247. The zero-order chi connectivity index (χ0) is 18.2. The Hall–Kier alpha value is -2.64. The van der Waals surface area contributed by atoms with Gasteiger partial charge in [-0.25, -0.2) is 9.59 Å². The van der Waals surface area contributed by atoms with Crippen LogP contribution in [-0.2, 0) is 20.8 Å². The van der Waals surface area contributed by atoms with Crippen LogP contribution in [0.3, 0.4) is 0 Å². The summed E-state index contributed by atoms with van der Waals surface area (Å²) in [6.45, 7) is 1.86. The van der Waals surface area contributed by atoms with E-state index in [9.17, 15) is 9.59 Å². The Bertz CT molecular complexity index is 703. The van der Waals surface area contributed by atoms with E-state index in [0.717, 1.165) is 5.76 Å². The molecule has 0 aliphatic carbocycles. The minimum atomic E-state index is -0.542. The lowest BCUT2D eigenvalue weighted by Gasteiger charge is -2.06. The van der Waals surface area contributed by atoms with Gasteiger partial charge in [0, 0.05) is 19.2 Å². The summed E-state index contributed by atoms with van der Waals surface area (Å²) >= 11 is 0. The largest absolute Gasteiger partial charge is 0.465 e. The zero-order valence-corrected chi connectivity index (χ0v) is 14.5. The number of nitrogens with one attached hydrogen (secondary N) is 1. The fraction of sp³-hybridized carbons (Fsp3) is 0.333. The van der Waals surface area contributed by atoms with Gasteiger partial charge in [0.05, 0.1) is 38.5 Å². The Morgan fingerprint density at radius 3 is 2.20 bits per heavy atom. The van der Waals surface area contributed by atoms with Gasteiger partial charge in [0.15, 0.2) is 0 Å². The number of rotatable bonds is 8. The molecule has 134 valence electrons. The maximum atomic E-state index is 11.8. The molecule has 0 aliphatic rings. The molecule has 0 atom stereocenters. The van der Waals surface area contributed by atoms with Gasteiger partial charge in [-0.1, -0.05) is 0 Å². The van der Waals surface area contributed by atoms with E-state index in [1.807, 2.05) is 6.07 Å². The average Bonchev–Trinajstić information content (AvgIpc) is 3.12. The second-order valence-corrected chi connectivity index (χ2v) is 5.22. The van der Waals surface area contributed by atoms with Crippen LogP contribution in [0.5, 0.6) is 0 Å². The van der Waals surface area contributed by atoms with E-state index in [2.05, 4.69) is 5.32 Å². The topological polar surface area (TPSA) is 87.0 Å². The van der Waals surface area contributed by atoms with Gasteiger partial charge in [-0.3, -0.25) is 0 Å². The molecule has 0 saturated heterocycles. The van der Waals surface area contributed by atoms with Gasteiger partial charge in [-0.15, -0.1) is 0 Å². The fourth-order valence-corrected chi connectivity index (χ4v) is 2.26. The van der Waals surface area contributed by atoms with Crippen molar-refractivity contribution in [2.45, 2.75) is 6.54 Å². The Morgan fingerprint density at radius 2 is 1.64 bits per heavy atom. The number of hydrogen-bond acceptors (Lipinski definition) is 7. The highest BCUT2D eigenvalue weighted by Gasteiger charge is 2.16. The minimum Gasteiger partial charge on any atom is -0.465 e. The Kier molecular flexibility index (Phi) is 6.73. The number of carbonyl (C=O) groups excluding carboxylic acids is 2. The molecule has 7 heteroatoms. The lowest BCUT2D eigenvalue weighted by Crippen LogP contribution is -2.18. The molecule has 0 bridgehead atoms. The fourth-order valence-electron chi connectivity index (χ4n) is 2.26. The van der Waals surface area contributed by atoms with Crippen LogP contribution in [0.4, 0.5) is 0 Å². The van der Waals surface area contributed by atoms with Gasteiger partial charge < -0.3 is 23.9 Å². The highest BCUT2D eigenvalue weighted by atomic mass is 16.5. The van der Waals surface area contributed by atoms with E-state index >= 15 is 0 Å². The van der Waals surface area contributed by atoms with Crippen molar-refractivity contribution < 1.29 is 28.2 Å². The van der Waals surface area contributed by atoms with Gasteiger partial charge in [-0.05, 0) is 30.3 Å². The van der Waals surface area contributed by atoms with Crippen molar-refractivity contribution in [2.75, 3.05) is 34.5 Å². The van der Waals surface area contributed by atoms with Crippen LogP contribution in [0, 0.1) is 0 Å². The van der Waals surface area contributed by atoms with Gasteiger partial charge >= 0.3 is 11.9 Å². The third-order valence-corrected chi connectivity index (χ3v) is 3.50. The first-order valence-corrected chi connectivity index (χ1v) is 7.69. The molecule has 0 spiro atoms. The number of methoxy groups -OCH3 is 3. The first-order chi connectivity index (χ1) is 12.1. The molecular formula is C18H21NO6. The van der Waals surface area contributed by atoms with Crippen molar-refractivity contribution >= 4 is 11.9 Å². The van der Waals surface area contributed by atoms with Crippen molar-refractivity contribution in [3.63, 3.8) is 0 Å². The smallest absolute Gasteiger partial charge is 0.337 e. The van der Waals surface area contributed by atoms with E-state index < -0.39 is 11.9 Å². The van der Waals surface area contributed by atoms with Gasteiger partial charge in [0.25, 0.3) is 0 Å². The summed E-state index contributed by atoms with van der Waals surface area (Å²) in [6, 6.07) is 8.26. The van der Waals surface area contributed by atoms with E-state index in [1.54, 1.807) is 25.3 Å². The predicted octanol–water partition coefficient (Wildman–Crippen LogP) is 2.26. The third-order valence-electron chi connectivity index (χ3n) is 3.50. The standard InChI is InChI=1S/C18H21NO6/c1-22-7-6-19-11-15-4-5-16(25-15)12-8-13(17(20)23-2)10-14(9-12)18(21)24-3/h4-5,8-10,19H,6-7,11H2,1-3H3. The highest BCUT2D eigenvalue weighted by molar-refractivity contribution is 5.97. The maximum Gasteiger partial charge on any atom is 0.337 e. The molecular weight excluding hydrogens is 326 g/mol. The Morgan fingerprint density at radius 1 is 1.00 bits per heavy atom. The van der Waals surface area contributed by atoms with Crippen LogP contribution in [0.25, 0.3) is 11.3 Å². The summed E-state index contributed by atoms with van der Waals surface area (Å²) < 4.78 is 20.2. The first-order valence-electron chi connectivity index (χ1n) is 7.69. The van der Waals surface area contributed by atoms with Crippen LogP contribution in [0.1, 0.15) is 26.5 Å². The molecule has 2 aromatic rings. The molecule has 2 rings (SSSR count). The normalized spacial score (nSPS) is 10.5. The Balaban J connectivity index is 2.26. The van der Waals surface area contributed by atoms with Crippen molar-refractivity contribution in [3.8, 4) is 11.3 Å². The molecule has 0 amide bonds. The number of ether oxygens (including phenoxy) is 3. The zero-order valence-electron chi connectivity index (χ0n) is 14.5. The van der Waals surface area contributed by atoms with Crippen molar-refractivity contribution in [1.82, 2.24) is 5.32 Å². The number of carbonyl (C=O) groups is 2. The van der Waals surface area contributed by atoms with Crippen molar-refractivity contribution in [3.05, 3.63) is 47.2 Å². The van der Waals surface area contributed by atoms with E-state index in [4.69, 9.17) is 18.6 Å². The number of benzene rings is 1. The third kappa shape index (κ3) is 4.91. The second-order valence-electron chi connectivity index (χ2n) is 5.22. The quantitative estimate of drug-likeness (QED) is 0.579. The molecule has 0 saturated carbocycles. The van der Waals surface area contributed by atoms with Crippen LogP contribution in [0.2, 0.25) is 0 Å². The molecule has 1 heterocycles. The molecule has 1 aromatic heterocycles. The van der Waals surface area contributed by atoms with E-state index in [0.29, 0.717) is 31.0 Å². The summed E-state index contributed by atoms with van der Waals surface area (Å²) in [4.78, 5) is 23.7. The predicted molar refractivity (Wildman–Crippen MR) is 90.4 cm³/mol. The van der Waals surface area contributed by atoms with Crippen LogP contribution >= 0.6 is 0 Å². The van der Waals surface area contributed by atoms with Crippen LogP contribution in [0.15, 0.2) is 34.7 Å². The number of furan rings is 1. The maximum absolute atomic E-state index is 11.8. The van der Waals surface area contributed by atoms with Crippen LogP contribution < -0.4 is 5.32 Å². The molecule has 1 aromatic carbocycles. The lowest BCUT2D eigenvalue weighted by atomic mass is 10.0. The molecule has 0 radical (unpaired) electrons. The van der Waals surface area contributed by atoms with E-state index in [-0.39, 0.29) is 11.1 Å². The number of hydrogen-bond donors (Lipinski definition) is 1. The molecule has 0 aliphatic heterocycles. The SMILES string of the molecule is COCCNCc1ccc(-c2cc(C(=O)OC)cc(C(=O)OC)c2)o1. The molecule has 0 unspecified atom stereocenters. The monoisotopic (exact) mass is 347 g/mol. The Labute approximate surface area is 145 Å². The second kappa shape index (κ2) is 9.00. The van der Waals surface area contributed by atoms with Gasteiger partial charge in [0.2, 0.25) is 0 Å².